The standard InChI is InChI=1S/C32H34N4O3S/c1-22(2)27-14-9-23(3)19-28(27)39-21-24-10-12-26(13-11-24)31(37)35-33-20-29-30(25-7-5-4-6-8-25)34-32(40-29)36-15-17-38-18-16-36/h4-14,19-20,22H,15-18,21H2,1-3H3,(H,35,37)/b33-20+. The number of hydrazone groups is 1. The number of carbonyl (C=O) groups excluding carboxylic acids is 1. The van der Waals surface area contributed by atoms with Gasteiger partial charge in [0.25, 0.3) is 5.91 Å². The summed E-state index contributed by atoms with van der Waals surface area (Å²) < 4.78 is 11.6. The van der Waals surface area contributed by atoms with Crippen LogP contribution in [0.3, 0.4) is 0 Å². The fraction of sp³-hybridized carbons (Fsp3) is 0.281. The summed E-state index contributed by atoms with van der Waals surface area (Å²) in [4.78, 5) is 20.8. The van der Waals surface area contributed by atoms with Crippen LogP contribution in [-0.2, 0) is 11.3 Å². The van der Waals surface area contributed by atoms with Crippen LogP contribution < -0.4 is 15.1 Å². The molecule has 0 aliphatic carbocycles. The molecule has 40 heavy (non-hydrogen) atoms. The number of nitrogens with one attached hydrogen (secondary N) is 1. The van der Waals surface area contributed by atoms with Gasteiger partial charge in [-0.1, -0.05) is 79.8 Å². The number of morpholine rings is 1. The van der Waals surface area contributed by atoms with E-state index < -0.39 is 0 Å². The molecule has 1 aliphatic heterocycles. The van der Waals surface area contributed by atoms with E-state index in [1.807, 2.05) is 42.5 Å². The van der Waals surface area contributed by atoms with Crippen molar-refractivity contribution in [1.82, 2.24) is 10.4 Å². The molecule has 1 saturated heterocycles. The molecule has 206 valence electrons. The van der Waals surface area contributed by atoms with Crippen molar-refractivity contribution in [3.05, 3.63) is 99.9 Å². The third kappa shape index (κ3) is 6.76. The molecule has 3 aromatic carbocycles. The van der Waals surface area contributed by atoms with Gasteiger partial charge in [0.15, 0.2) is 5.13 Å². The number of rotatable bonds is 9. The van der Waals surface area contributed by atoms with Crippen molar-refractivity contribution in [2.45, 2.75) is 33.3 Å². The molecule has 0 spiro atoms. The van der Waals surface area contributed by atoms with E-state index >= 15 is 0 Å². The lowest BCUT2D eigenvalue weighted by Gasteiger charge is -2.26. The zero-order valence-electron chi connectivity index (χ0n) is 23.1. The van der Waals surface area contributed by atoms with Gasteiger partial charge in [0.2, 0.25) is 0 Å². The molecule has 8 heteroatoms. The quantitative estimate of drug-likeness (QED) is 0.191. The van der Waals surface area contributed by atoms with E-state index in [0.717, 1.165) is 45.7 Å². The Bertz CT molecular complexity index is 1460. The smallest absolute Gasteiger partial charge is 0.271 e. The van der Waals surface area contributed by atoms with Crippen molar-refractivity contribution >= 4 is 28.6 Å². The van der Waals surface area contributed by atoms with E-state index in [1.54, 1.807) is 29.7 Å². The van der Waals surface area contributed by atoms with Gasteiger partial charge >= 0.3 is 0 Å². The molecule has 5 rings (SSSR count). The van der Waals surface area contributed by atoms with Crippen molar-refractivity contribution in [2.75, 3.05) is 31.2 Å². The van der Waals surface area contributed by atoms with Crippen molar-refractivity contribution in [1.29, 1.82) is 0 Å². The average molecular weight is 555 g/mol. The molecule has 0 saturated carbocycles. The Morgan fingerprint density at radius 3 is 2.58 bits per heavy atom. The van der Waals surface area contributed by atoms with Gasteiger partial charge in [0, 0.05) is 24.2 Å². The Labute approximate surface area is 239 Å². The lowest BCUT2D eigenvalue weighted by Crippen LogP contribution is -2.36. The molecule has 4 aromatic rings. The van der Waals surface area contributed by atoms with Gasteiger partial charge in [-0.25, -0.2) is 10.4 Å². The molecule has 1 fully saturated rings. The maximum atomic E-state index is 12.8. The van der Waals surface area contributed by atoms with E-state index in [-0.39, 0.29) is 5.91 Å². The monoisotopic (exact) mass is 554 g/mol. The number of thiazole rings is 1. The van der Waals surface area contributed by atoms with Gasteiger partial charge in [-0.15, -0.1) is 0 Å². The SMILES string of the molecule is Cc1ccc(C(C)C)c(OCc2ccc(C(=O)N/N=C/c3sc(N4CCOCC4)nc3-c3ccccc3)cc2)c1. The van der Waals surface area contributed by atoms with Gasteiger partial charge in [-0.3, -0.25) is 4.79 Å². The number of hydrogen-bond acceptors (Lipinski definition) is 7. The van der Waals surface area contributed by atoms with Crippen LogP contribution in [0.5, 0.6) is 5.75 Å². The highest BCUT2D eigenvalue weighted by Gasteiger charge is 2.19. The molecule has 2 heterocycles. The topological polar surface area (TPSA) is 76.0 Å². The van der Waals surface area contributed by atoms with Gasteiger partial charge in [0.1, 0.15) is 12.4 Å². The minimum Gasteiger partial charge on any atom is -0.489 e. The average Bonchev–Trinajstić information content (AvgIpc) is 3.41. The lowest BCUT2D eigenvalue weighted by atomic mass is 10.0. The summed E-state index contributed by atoms with van der Waals surface area (Å²) in [5.74, 6) is 1.01. The first kappa shape index (κ1) is 27.6. The molecular weight excluding hydrogens is 520 g/mol. The van der Waals surface area contributed by atoms with E-state index in [4.69, 9.17) is 14.5 Å². The maximum absolute atomic E-state index is 12.8. The summed E-state index contributed by atoms with van der Waals surface area (Å²) in [7, 11) is 0. The zero-order valence-corrected chi connectivity index (χ0v) is 23.9. The predicted molar refractivity (Wildman–Crippen MR) is 162 cm³/mol. The van der Waals surface area contributed by atoms with Gasteiger partial charge in [-0.2, -0.15) is 5.10 Å². The number of amides is 1. The summed E-state index contributed by atoms with van der Waals surface area (Å²) in [6, 6.07) is 23.7. The molecule has 0 atom stereocenters. The van der Waals surface area contributed by atoms with E-state index in [2.05, 4.69) is 54.4 Å². The largest absolute Gasteiger partial charge is 0.489 e. The van der Waals surface area contributed by atoms with Gasteiger partial charge in [-0.05, 0) is 47.7 Å². The molecule has 7 nitrogen and oxygen atoms in total. The predicted octanol–water partition coefficient (Wildman–Crippen LogP) is 6.42. The van der Waals surface area contributed by atoms with Crippen LogP contribution in [0.15, 0.2) is 77.9 Å². The Hall–Kier alpha value is -4.01. The van der Waals surface area contributed by atoms with E-state index in [9.17, 15) is 4.79 Å². The Morgan fingerprint density at radius 2 is 1.85 bits per heavy atom. The summed E-state index contributed by atoms with van der Waals surface area (Å²) in [5.41, 5.74) is 8.39. The first-order valence-electron chi connectivity index (χ1n) is 13.5. The molecular formula is C32H34N4O3S. The van der Waals surface area contributed by atoms with Crippen molar-refractivity contribution in [2.24, 2.45) is 5.10 Å². The van der Waals surface area contributed by atoms with Crippen LogP contribution in [0, 0.1) is 6.92 Å². The zero-order chi connectivity index (χ0) is 27.9. The van der Waals surface area contributed by atoms with Crippen LogP contribution in [0.4, 0.5) is 5.13 Å². The fourth-order valence-electron chi connectivity index (χ4n) is 4.47. The first-order valence-corrected chi connectivity index (χ1v) is 14.3. The van der Waals surface area contributed by atoms with Crippen molar-refractivity contribution in [3.63, 3.8) is 0 Å². The number of ether oxygens (including phenoxy) is 2. The lowest BCUT2D eigenvalue weighted by molar-refractivity contribution is 0.0955. The third-order valence-corrected chi connectivity index (χ3v) is 7.77. The summed E-state index contributed by atoms with van der Waals surface area (Å²) in [6.45, 7) is 9.81. The highest BCUT2D eigenvalue weighted by Crippen LogP contribution is 2.32. The Morgan fingerprint density at radius 1 is 1.10 bits per heavy atom. The summed E-state index contributed by atoms with van der Waals surface area (Å²) >= 11 is 1.56. The molecule has 1 aliphatic rings. The Balaban J connectivity index is 1.24. The van der Waals surface area contributed by atoms with E-state index in [0.29, 0.717) is 31.3 Å². The minimum absolute atomic E-state index is 0.274. The fourth-order valence-corrected chi connectivity index (χ4v) is 5.48. The second kappa shape index (κ2) is 12.9. The summed E-state index contributed by atoms with van der Waals surface area (Å²) in [5, 5.41) is 5.20. The van der Waals surface area contributed by atoms with Gasteiger partial charge in [0.05, 0.1) is 30.0 Å². The van der Waals surface area contributed by atoms with Crippen LogP contribution in [0.2, 0.25) is 0 Å². The van der Waals surface area contributed by atoms with Crippen LogP contribution in [-0.4, -0.2) is 43.4 Å². The van der Waals surface area contributed by atoms with Crippen molar-refractivity contribution in [3.8, 4) is 17.0 Å². The highest BCUT2D eigenvalue weighted by atomic mass is 32.1. The molecule has 1 aromatic heterocycles. The first-order chi connectivity index (χ1) is 19.5. The number of hydrogen-bond donors (Lipinski definition) is 1. The molecule has 0 unspecified atom stereocenters. The number of anilines is 1. The maximum Gasteiger partial charge on any atom is 0.271 e. The normalized spacial score (nSPS) is 13.7. The number of aryl methyl sites for hydroxylation is 1. The molecule has 1 N–H and O–H groups in total. The van der Waals surface area contributed by atoms with Gasteiger partial charge < -0.3 is 14.4 Å². The van der Waals surface area contributed by atoms with Crippen LogP contribution in [0.25, 0.3) is 11.3 Å². The third-order valence-electron chi connectivity index (χ3n) is 6.72. The number of carbonyl (C=O) groups is 1. The second-order valence-corrected chi connectivity index (χ2v) is 11.1. The molecule has 0 bridgehead atoms. The number of aromatic nitrogens is 1. The number of benzene rings is 3. The summed E-state index contributed by atoms with van der Waals surface area (Å²) in [6.07, 6.45) is 1.68. The number of nitrogens with zero attached hydrogens (tertiary/aromatic N) is 3. The highest BCUT2D eigenvalue weighted by molar-refractivity contribution is 7.17. The molecule has 1 amide bonds. The molecule has 0 radical (unpaired) electrons. The van der Waals surface area contributed by atoms with Crippen molar-refractivity contribution < 1.29 is 14.3 Å². The Kier molecular flexibility index (Phi) is 8.88. The van der Waals surface area contributed by atoms with Crippen LogP contribution >= 0.6 is 11.3 Å². The van der Waals surface area contributed by atoms with E-state index in [1.165, 1.54) is 11.1 Å². The van der Waals surface area contributed by atoms with Crippen LogP contribution in [0.1, 0.15) is 51.7 Å². The minimum atomic E-state index is -0.274. The second-order valence-electron chi connectivity index (χ2n) is 10.1.